The zero-order valence-electron chi connectivity index (χ0n) is 18.9. The molecule has 0 amide bonds. The Balaban J connectivity index is 2.86. The molecule has 0 aliphatic heterocycles. The van der Waals surface area contributed by atoms with Crippen LogP contribution >= 0.6 is 0 Å². The quantitative estimate of drug-likeness (QED) is 0.464. The van der Waals surface area contributed by atoms with Gasteiger partial charge in [0, 0.05) is 13.8 Å². The van der Waals surface area contributed by atoms with Crippen LogP contribution in [0.15, 0.2) is 0 Å². The van der Waals surface area contributed by atoms with E-state index in [-0.39, 0.29) is 17.4 Å². The van der Waals surface area contributed by atoms with Crippen LogP contribution in [0.1, 0.15) is 81.1 Å². The Kier molecular flexibility index (Phi) is 9.41. The highest BCUT2D eigenvalue weighted by Gasteiger charge is 2.44. The molecule has 164 valence electrons. The van der Waals surface area contributed by atoms with Crippen molar-refractivity contribution in [3.8, 4) is 0 Å². The van der Waals surface area contributed by atoms with Gasteiger partial charge in [0.2, 0.25) is 0 Å². The predicted octanol–water partition coefficient (Wildman–Crippen LogP) is 4.08. The lowest BCUT2D eigenvalue weighted by Gasteiger charge is -2.48. The summed E-state index contributed by atoms with van der Waals surface area (Å²) in [5, 5.41) is 10.7. The molecule has 1 rings (SSSR count). The van der Waals surface area contributed by atoms with Gasteiger partial charge < -0.3 is 19.3 Å². The fraction of sp³-hybridized carbons (Fsp3) is 0.909. The minimum atomic E-state index is -1.35. The third-order valence-corrected chi connectivity index (χ3v) is 6.06. The van der Waals surface area contributed by atoms with E-state index >= 15 is 0 Å². The zero-order valence-corrected chi connectivity index (χ0v) is 18.9. The van der Waals surface area contributed by atoms with E-state index in [4.69, 9.17) is 14.2 Å². The van der Waals surface area contributed by atoms with Gasteiger partial charge in [0.25, 0.3) is 0 Å². The van der Waals surface area contributed by atoms with Crippen molar-refractivity contribution in [3.05, 3.63) is 0 Å². The molecule has 6 atom stereocenters. The van der Waals surface area contributed by atoms with Gasteiger partial charge in [-0.25, -0.2) is 0 Å². The molecule has 0 aromatic carbocycles. The third-order valence-electron chi connectivity index (χ3n) is 6.06. The number of aliphatic hydroxyl groups is 1. The molecule has 1 saturated carbocycles. The standard InChI is InChI=1S/C22H40O6/c1-13(2)9-10-18-14(3)19(11-12-22(18,7)8)28-21(25)20(27-17(6)24)15(4)26-16(5)23/h13-15,18-21,25H,9-12H2,1-8H3. The van der Waals surface area contributed by atoms with E-state index in [0.717, 1.165) is 25.7 Å². The first-order chi connectivity index (χ1) is 12.8. The molecule has 1 aliphatic carbocycles. The van der Waals surface area contributed by atoms with Gasteiger partial charge >= 0.3 is 11.9 Å². The maximum absolute atomic E-state index is 11.5. The number of hydrogen-bond acceptors (Lipinski definition) is 6. The summed E-state index contributed by atoms with van der Waals surface area (Å²) < 4.78 is 16.3. The van der Waals surface area contributed by atoms with Crippen molar-refractivity contribution in [2.75, 3.05) is 0 Å². The summed E-state index contributed by atoms with van der Waals surface area (Å²) >= 11 is 0. The highest BCUT2D eigenvalue weighted by atomic mass is 16.7. The number of esters is 2. The highest BCUT2D eigenvalue weighted by Crippen LogP contribution is 2.47. The molecule has 1 fully saturated rings. The molecule has 0 aromatic heterocycles. The lowest BCUT2D eigenvalue weighted by Crippen LogP contribution is -2.48. The first-order valence-electron chi connectivity index (χ1n) is 10.5. The minimum Gasteiger partial charge on any atom is -0.459 e. The lowest BCUT2D eigenvalue weighted by atomic mass is 9.61. The molecule has 0 heterocycles. The van der Waals surface area contributed by atoms with E-state index in [1.54, 1.807) is 6.92 Å². The summed E-state index contributed by atoms with van der Waals surface area (Å²) in [6.07, 6.45) is 0.779. The average Bonchev–Trinajstić information content (AvgIpc) is 2.53. The van der Waals surface area contributed by atoms with E-state index in [1.165, 1.54) is 13.8 Å². The van der Waals surface area contributed by atoms with E-state index in [1.807, 2.05) is 0 Å². The van der Waals surface area contributed by atoms with E-state index < -0.39 is 30.4 Å². The number of carbonyl (C=O) groups excluding carboxylic acids is 2. The van der Waals surface area contributed by atoms with Crippen molar-refractivity contribution in [1.29, 1.82) is 0 Å². The largest absolute Gasteiger partial charge is 0.459 e. The summed E-state index contributed by atoms with van der Waals surface area (Å²) in [6, 6.07) is 0. The third kappa shape index (κ3) is 7.36. The fourth-order valence-electron chi connectivity index (χ4n) is 4.45. The molecule has 0 radical (unpaired) electrons. The van der Waals surface area contributed by atoms with Gasteiger partial charge in [-0.2, -0.15) is 0 Å². The second-order valence-corrected chi connectivity index (χ2v) is 9.42. The van der Waals surface area contributed by atoms with Crippen molar-refractivity contribution < 1.29 is 28.9 Å². The van der Waals surface area contributed by atoms with Gasteiger partial charge in [-0.15, -0.1) is 0 Å². The average molecular weight is 401 g/mol. The van der Waals surface area contributed by atoms with Crippen LogP contribution in [0.2, 0.25) is 0 Å². The van der Waals surface area contributed by atoms with Crippen LogP contribution in [0.4, 0.5) is 0 Å². The van der Waals surface area contributed by atoms with Gasteiger partial charge in [-0.1, -0.05) is 41.0 Å². The molecule has 6 unspecified atom stereocenters. The number of hydrogen-bond donors (Lipinski definition) is 1. The van der Waals surface area contributed by atoms with Crippen LogP contribution in [0.5, 0.6) is 0 Å². The van der Waals surface area contributed by atoms with Crippen molar-refractivity contribution in [3.63, 3.8) is 0 Å². The van der Waals surface area contributed by atoms with Crippen LogP contribution in [0, 0.1) is 23.2 Å². The minimum absolute atomic E-state index is 0.136. The molecule has 0 aromatic rings. The van der Waals surface area contributed by atoms with Gasteiger partial charge in [0.15, 0.2) is 12.4 Å². The second-order valence-electron chi connectivity index (χ2n) is 9.42. The van der Waals surface area contributed by atoms with Crippen LogP contribution < -0.4 is 0 Å². The monoisotopic (exact) mass is 400 g/mol. The summed E-state index contributed by atoms with van der Waals surface area (Å²) in [5.74, 6) is 0.337. The Morgan fingerprint density at radius 1 is 1.11 bits per heavy atom. The molecule has 1 aliphatic rings. The van der Waals surface area contributed by atoms with Crippen molar-refractivity contribution in [2.45, 2.75) is 106 Å². The van der Waals surface area contributed by atoms with Gasteiger partial charge in [0.1, 0.15) is 6.10 Å². The Morgan fingerprint density at radius 2 is 1.68 bits per heavy atom. The fourth-order valence-corrected chi connectivity index (χ4v) is 4.45. The maximum Gasteiger partial charge on any atom is 0.303 e. The van der Waals surface area contributed by atoms with Gasteiger partial charge in [-0.05, 0) is 49.4 Å². The smallest absolute Gasteiger partial charge is 0.303 e. The Morgan fingerprint density at radius 3 is 2.18 bits per heavy atom. The van der Waals surface area contributed by atoms with Crippen molar-refractivity contribution in [1.82, 2.24) is 0 Å². The molecule has 1 N–H and O–H groups in total. The molecular formula is C22H40O6. The van der Waals surface area contributed by atoms with Gasteiger partial charge in [0.05, 0.1) is 6.10 Å². The topological polar surface area (TPSA) is 82.1 Å². The van der Waals surface area contributed by atoms with Crippen molar-refractivity contribution in [2.24, 2.45) is 23.2 Å². The number of rotatable bonds is 9. The molecule has 6 nitrogen and oxygen atoms in total. The predicted molar refractivity (Wildman–Crippen MR) is 107 cm³/mol. The second kappa shape index (κ2) is 10.6. The van der Waals surface area contributed by atoms with Gasteiger partial charge in [-0.3, -0.25) is 9.59 Å². The molecule has 0 bridgehead atoms. The summed E-state index contributed by atoms with van der Waals surface area (Å²) in [7, 11) is 0. The van der Waals surface area contributed by atoms with Crippen molar-refractivity contribution >= 4 is 11.9 Å². The maximum atomic E-state index is 11.5. The molecule has 0 spiro atoms. The SMILES string of the molecule is CC(=O)OC(C)C(OC(C)=O)C(O)OC1CCC(C)(C)C(CCC(C)C)C1C. The summed E-state index contributed by atoms with van der Waals surface area (Å²) in [4.78, 5) is 22.7. The Labute approximate surface area is 170 Å². The van der Waals surface area contributed by atoms with Crippen LogP contribution in [0.25, 0.3) is 0 Å². The highest BCUT2D eigenvalue weighted by molar-refractivity contribution is 5.67. The zero-order chi connectivity index (χ0) is 21.6. The summed E-state index contributed by atoms with van der Waals surface area (Å²) in [5.41, 5.74) is 0.222. The molecular weight excluding hydrogens is 360 g/mol. The lowest BCUT2D eigenvalue weighted by molar-refractivity contribution is -0.240. The van der Waals surface area contributed by atoms with E-state index in [2.05, 4.69) is 34.6 Å². The molecule has 0 saturated heterocycles. The molecule has 6 heteroatoms. The van der Waals surface area contributed by atoms with Crippen LogP contribution in [-0.4, -0.2) is 41.6 Å². The Bertz CT molecular complexity index is 515. The van der Waals surface area contributed by atoms with E-state index in [9.17, 15) is 14.7 Å². The van der Waals surface area contributed by atoms with E-state index in [0.29, 0.717) is 11.8 Å². The first-order valence-corrected chi connectivity index (χ1v) is 10.5. The van der Waals surface area contributed by atoms with Crippen LogP contribution in [0.3, 0.4) is 0 Å². The number of carbonyl (C=O) groups is 2. The number of aliphatic hydroxyl groups excluding tert-OH is 1. The van der Waals surface area contributed by atoms with Crippen LogP contribution in [-0.2, 0) is 23.8 Å². The number of ether oxygens (including phenoxy) is 3. The summed E-state index contributed by atoms with van der Waals surface area (Å²) in [6.45, 7) is 15.4. The molecule has 28 heavy (non-hydrogen) atoms. The normalized spacial score (nSPS) is 27.7. The Hall–Kier alpha value is -1.14. The first kappa shape index (κ1) is 24.9.